The van der Waals surface area contributed by atoms with E-state index in [9.17, 15) is 9.90 Å². The summed E-state index contributed by atoms with van der Waals surface area (Å²) >= 11 is 1.66. The number of hydrogen-bond acceptors (Lipinski definition) is 5. The zero-order valence-electron chi connectivity index (χ0n) is 10.6. The van der Waals surface area contributed by atoms with Gasteiger partial charge in [-0.1, -0.05) is 6.07 Å². The summed E-state index contributed by atoms with van der Waals surface area (Å²) in [6.45, 7) is 3.74. The number of likely N-dealkylation sites (N-methyl/N-ethyl adjacent to an activating group) is 1. The van der Waals surface area contributed by atoms with Crippen LogP contribution in [-0.4, -0.2) is 42.3 Å². The molecule has 1 aromatic heterocycles. The topological polar surface area (TPSA) is 49.8 Å². The number of methoxy groups -OCH3 is 1. The normalized spacial score (nSPS) is 16.6. The molecule has 0 radical (unpaired) electrons. The monoisotopic (exact) mass is 257 g/mol. The lowest BCUT2D eigenvalue weighted by atomic mass is 10.1. The van der Waals surface area contributed by atoms with Crippen LogP contribution < -0.4 is 0 Å². The Labute approximate surface area is 106 Å². The average molecular weight is 257 g/mol. The number of carbonyl (C=O) groups excluding carboxylic acids is 1. The predicted molar refractivity (Wildman–Crippen MR) is 68.0 cm³/mol. The van der Waals surface area contributed by atoms with Crippen LogP contribution >= 0.6 is 11.3 Å². The van der Waals surface area contributed by atoms with E-state index in [4.69, 9.17) is 0 Å². The van der Waals surface area contributed by atoms with E-state index in [2.05, 4.69) is 4.74 Å². The molecule has 17 heavy (non-hydrogen) atoms. The van der Waals surface area contributed by atoms with Gasteiger partial charge in [0.1, 0.15) is 0 Å². The van der Waals surface area contributed by atoms with Gasteiger partial charge >= 0.3 is 5.97 Å². The van der Waals surface area contributed by atoms with Crippen molar-refractivity contribution in [2.24, 2.45) is 0 Å². The highest BCUT2D eigenvalue weighted by Crippen LogP contribution is 2.24. The van der Waals surface area contributed by atoms with Crippen molar-refractivity contribution in [1.29, 1.82) is 0 Å². The van der Waals surface area contributed by atoms with Crippen LogP contribution in [0.2, 0.25) is 0 Å². The third-order valence-electron chi connectivity index (χ3n) is 2.80. The fourth-order valence-electron chi connectivity index (χ4n) is 1.65. The zero-order valence-corrected chi connectivity index (χ0v) is 11.5. The van der Waals surface area contributed by atoms with Crippen molar-refractivity contribution in [3.05, 3.63) is 22.4 Å². The quantitative estimate of drug-likeness (QED) is 0.815. The van der Waals surface area contributed by atoms with Crippen LogP contribution in [0.1, 0.15) is 24.8 Å². The van der Waals surface area contributed by atoms with Crippen molar-refractivity contribution >= 4 is 17.3 Å². The third kappa shape index (κ3) is 3.52. The molecule has 2 atom stereocenters. The summed E-state index contributed by atoms with van der Waals surface area (Å²) in [5.74, 6) is -0.609. The molecule has 0 amide bonds. The standard InChI is InChI=1S/C12H19NO3S/c1-9(10-6-5-7-17-10)13(3)8-12(2,15)11(14)16-4/h5-7,9,15H,8H2,1-4H3. The van der Waals surface area contributed by atoms with Crippen molar-refractivity contribution < 1.29 is 14.6 Å². The number of carbonyl (C=O) groups is 1. The summed E-state index contributed by atoms with van der Waals surface area (Å²) in [5, 5.41) is 12.0. The summed E-state index contributed by atoms with van der Waals surface area (Å²) in [7, 11) is 3.15. The molecule has 96 valence electrons. The number of hydrogen-bond donors (Lipinski definition) is 1. The molecule has 0 spiro atoms. The van der Waals surface area contributed by atoms with Gasteiger partial charge in [0.25, 0.3) is 0 Å². The largest absolute Gasteiger partial charge is 0.467 e. The van der Waals surface area contributed by atoms with Gasteiger partial charge < -0.3 is 9.84 Å². The molecule has 5 heteroatoms. The lowest BCUT2D eigenvalue weighted by Gasteiger charge is -2.30. The van der Waals surface area contributed by atoms with E-state index < -0.39 is 11.6 Å². The Balaban J connectivity index is 2.66. The second-order valence-electron chi connectivity index (χ2n) is 4.37. The maximum Gasteiger partial charge on any atom is 0.338 e. The smallest absolute Gasteiger partial charge is 0.338 e. The molecule has 0 aliphatic heterocycles. The van der Waals surface area contributed by atoms with Crippen LogP contribution in [-0.2, 0) is 9.53 Å². The SMILES string of the molecule is COC(=O)C(C)(O)CN(C)C(C)c1cccs1. The molecule has 0 bridgehead atoms. The summed E-state index contributed by atoms with van der Waals surface area (Å²) in [6, 6.07) is 4.19. The number of ether oxygens (including phenoxy) is 1. The maximum absolute atomic E-state index is 11.4. The predicted octanol–water partition coefficient (Wildman–Crippen LogP) is 1.66. The van der Waals surface area contributed by atoms with Gasteiger partial charge in [-0.05, 0) is 32.3 Å². The lowest BCUT2D eigenvalue weighted by Crippen LogP contribution is -2.46. The van der Waals surface area contributed by atoms with E-state index in [1.54, 1.807) is 11.3 Å². The van der Waals surface area contributed by atoms with Crippen molar-refractivity contribution in [2.75, 3.05) is 20.7 Å². The minimum atomic E-state index is -1.48. The first kappa shape index (κ1) is 14.2. The molecule has 4 nitrogen and oxygen atoms in total. The second kappa shape index (κ2) is 5.62. The summed E-state index contributed by atoms with van der Waals surface area (Å²) < 4.78 is 4.57. The van der Waals surface area contributed by atoms with Gasteiger partial charge in [-0.15, -0.1) is 11.3 Å². The minimum Gasteiger partial charge on any atom is -0.467 e. The van der Waals surface area contributed by atoms with Gasteiger partial charge in [-0.2, -0.15) is 0 Å². The molecule has 0 aliphatic rings. The van der Waals surface area contributed by atoms with E-state index in [-0.39, 0.29) is 12.6 Å². The highest BCUT2D eigenvalue weighted by atomic mass is 32.1. The van der Waals surface area contributed by atoms with Crippen LogP contribution in [0.15, 0.2) is 17.5 Å². The van der Waals surface area contributed by atoms with Gasteiger partial charge in [0.2, 0.25) is 0 Å². The number of nitrogens with zero attached hydrogens (tertiary/aromatic N) is 1. The zero-order chi connectivity index (χ0) is 13.1. The Morgan fingerprint density at radius 3 is 2.82 bits per heavy atom. The van der Waals surface area contributed by atoms with Crippen molar-refractivity contribution in [3.63, 3.8) is 0 Å². The molecule has 0 fully saturated rings. The minimum absolute atomic E-state index is 0.158. The molecule has 1 rings (SSSR count). The van der Waals surface area contributed by atoms with Gasteiger partial charge in [0.05, 0.1) is 7.11 Å². The Hall–Kier alpha value is -0.910. The molecular formula is C12H19NO3S. The first-order valence-corrected chi connectivity index (χ1v) is 6.31. The van der Waals surface area contributed by atoms with Crippen LogP contribution in [0.5, 0.6) is 0 Å². The van der Waals surface area contributed by atoms with Crippen LogP contribution in [0.3, 0.4) is 0 Å². The molecule has 0 aliphatic carbocycles. The van der Waals surface area contributed by atoms with Gasteiger partial charge in [-0.3, -0.25) is 4.90 Å². The van der Waals surface area contributed by atoms with Gasteiger partial charge in [0.15, 0.2) is 5.60 Å². The van der Waals surface area contributed by atoms with E-state index in [1.807, 2.05) is 36.4 Å². The summed E-state index contributed by atoms with van der Waals surface area (Å²) in [5.41, 5.74) is -1.48. The number of thiophene rings is 1. The van der Waals surface area contributed by atoms with Crippen molar-refractivity contribution in [2.45, 2.75) is 25.5 Å². The Bertz CT molecular complexity index is 362. The molecule has 1 aromatic rings. The van der Waals surface area contributed by atoms with E-state index in [0.717, 1.165) is 0 Å². The third-order valence-corrected chi connectivity index (χ3v) is 3.84. The number of aliphatic hydroxyl groups is 1. The fraction of sp³-hybridized carbons (Fsp3) is 0.583. The van der Waals surface area contributed by atoms with Crippen LogP contribution in [0.25, 0.3) is 0 Å². The first-order chi connectivity index (χ1) is 7.88. The number of rotatable bonds is 5. The fourth-order valence-corrected chi connectivity index (χ4v) is 2.50. The maximum atomic E-state index is 11.4. The van der Waals surface area contributed by atoms with Gasteiger partial charge in [0, 0.05) is 17.5 Å². The van der Waals surface area contributed by atoms with Crippen molar-refractivity contribution in [3.8, 4) is 0 Å². The van der Waals surface area contributed by atoms with Gasteiger partial charge in [-0.25, -0.2) is 4.79 Å². The molecule has 1 heterocycles. The van der Waals surface area contributed by atoms with Crippen molar-refractivity contribution in [1.82, 2.24) is 4.90 Å². The second-order valence-corrected chi connectivity index (χ2v) is 5.35. The van der Waals surface area contributed by atoms with E-state index >= 15 is 0 Å². The molecule has 0 saturated heterocycles. The Morgan fingerprint density at radius 1 is 1.71 bits per heavy atom. The first-order valence-electron chi connectivity index (χ1n) is 5.43. The molecule has 0 aromatic carbocycles. The lowest BCUT2D eigenvalue weighted by molar-refractivity contribution is -0.162. The highest BCUT2D eigenvalue weighted by Gasteiger charge is 2.34. The Kier molecular flexibility index (Phi) is 4.68. The average Bonchev–Trinajstić information content (AvgIpc) is 2.79. The highest BCUT2D eigenvalue weighted by molar-refractivity contribution is 7.10. The molecule has 2 unspecified atom stereocenters. The molecular weight excluding hydrogens is 238 g/mol. The summed E-state index contributed by atoms with van der Waals surface area (Å²) in [4.78, 5) is 14.5. The summed E-state index contributed by atoms with van der Waals surface area (Å²) in [6.07, 6.45) is 0. The molecule has 0 saturated carbocycles. The number of esters is 1. The van der Waals surface area contributed by atoms with E-state index in [1.165, 1.54) is 18.9 Å². The molecule has 1 N–H and O–H groups in total. The Morgan fingerprint density at radius 2 is 2.35 bits per heavy atom. The van der Waals surface area contributed by atoms with E-state index in [0.29, 0.717) is 0 Å². The van der Waals surface area contributed by atoms with Crippen LogP contribution in [0, 0.1) is 0 Å². The van der Waals surface area contributed by atoms with Crippen LogP contribution in [0.4, 0.5) is 0 Å².